The van der Waals surface area contributed by atoms with Crippen molar-refractivity contribution in [3.8, 4) is 17.0 Å². The third kappa shape index (κ3) is 6.87. The number of carbonyl (C=O) groups is 3. The number of aryl methyl sites for hydroxylation is 1. The van der Waals surface area contributed by atoms with Gasteiger partial charge in [0.25, 0.3) is 11.8 Å². The zero-order valence-electron chi connectivity index (χ0n) is 24.3. The number of carbonyl (C=O) groups excluding carboxylic acids is 3. The third-order valence-electron chi connectivity index (χ3n) is 6.42. The highest BCUT2D eigenvalue weighted by atomic mass is 19.1. The lowest BCUT2D eigenvalue weighted by Gasteiger charge is -2.22. The van der Waals surface area contributed by atoms with Crippen molar-refractivity contribution in [3.05, 3.63) is 41.5 Å². The van der Waals surface area contributed by atoms with Crippen LogP contribution in [0.2, 0.25) is 0 Å². The summed E-state index contributed by atoms with van der Waals surface area (Å²) in [4.78, 5) is 39.8. The Morgan fingerprint density at radius 3 is 2.46 bits per heavy atom. The Kier molecular flexibility index (Phi) is 8.40. The largest absolute Gasteiger partial charge is 0.494 e. The van der Waals surface area contributed by atoms with E-state index in [2.05, 4.69) is 31.2 Å². The molecule has 212 valence electrons. The summed E-state index contributed by atoms with van der Waals surface area (Å²) >= 11 is 0. The van der Waals surface area contributed by atoms with E-state index in [4.69, 9.17) is 4.74 Å². The first-order valence-electron chi connectivity index (χ1n) is 13.3. The van der Waals surface area contributed by atoms with Gasteiger partial charge in [0.15, 0.2) is 17.3 Å². The van der Waals surface area contributed by atoms with E-state index in [1.807, 2.05) is 30.5 Å². The van der Waals surface area contributed by atoms with E-state index in [1.165, 1.54) is 34.9 Å². The molecule has 1 aliphatic rings. The van der Waals surface area contributed by atoms with E-state index in [-0.39, 0.29) is 51.9 Å². The molecule has 1 fully saturated rings. The lowest BCUT2D eigenvalue weighted by molar-refractivity contribution is -0.117. The molecular formula is C25H32B3FN8O4. The summed E-state index contributed by atoms with van der Waals surface area (Å²) in [6, 6.07) is 5.49. The van der Waals surface area contributed by atoms with Gasteiger partial charge in [0, 0.05) is 44.3 Å². The van der Waals surface area contributed by atoms with Gasteiger partial charge in [-0.2, -0.15) is 5.10 Å². The molecule has 0 bridgehead atoms. The summed E-state index contributed by atoms with van der Waals surface area (Å²) in [7, 11) is 10.2. The number of amides is 3. The van der Waals surface area contributed by atoms with Crippen LogP contribution in [0.4, 0.5) is 21.6 Å². The molecule has 16 heteroatoms. The van der Waals surface area contributed by atoms with Gasteiger partial charge in [-0.15, -0.1) is 10.2 Å². The molecule has 0 unspecified atom stereocenters. The predicted octanol–water partition coefficient (Wildman–Crippen LogP) is -0.551. The second-order valence-corrected chi connectivity index (χ2v) is 11.0. The Balaban J connectivity index is 1.77. The SMILES string of the molecule is BC(B)(B)NC(=O)c1nnc(NC(=O)C2CC2)cc1Nc1cc(F)cc(-c2cc(C(=O)N(C)CC)n(C)n2)c1OC. The number of benzene rings is 1. The van der Waals surface area contributed by atoms with E-state index in [9.17, 15) is 14.4 Å². The van der Waals surface area contributed by atoms with Crippen LogP contribution in [0.15, 0.2) is 24.3 Å². The third-order valence-corrected chi connectivity index (χ3v) is 6.42. The van der Waals surface area contributed by atoms with Crippen LogP contribution >= 0.6 is 0 Å². The zero-order chi connectivity index (χ0) is 30.1. The maximum Gasteiger partial charge on any atom is 0.272 e. The van der Waals surface area contributed by atoms with E-state index < -0.39 is 17.0 Å². The molecule has 2 heterocycles. The van der Waals surface area contributed by atoms with Crippen LogP contribution < -0.4 is 20.7 Å². The fourth-order valence-electron chi connectivity index (χ4n) is 4.07. The Bertz CT molecular complexity index is 1510. The summed E-state index contributed by atoms with van der Waals surface area (Å²) in [6.45, 7) is 2.36. The highest BCUT2D eigenvalue weighted by Crippen LogP contribution is 2.39. The Morgan fingerprint density at radius 1 is 1.15 bits per heavy atom. The van der Waals surface area contributed by atoms with Gasteiger partial charge in [-0.25, -0.2) is 4.39 Å². The van der Waals surface area contributed by atoms with Crippen molar-refractivity contribution >= 4 is 58.5 Å². The van der Waals surface area contributed by atoms with E-state index in [1.54, 1.807) is 20.2 Å². The molecule has 0 atom stereocenters. The van der Waals surface area contributed by atoms with Crippen LogP contribution in [0.3, 0.4) is 0 Å². The van der Waals surface area contributed by atoms with Gasteiger partial charge in [-0.3, -0.25) is 19.1 Å². The standard InChI is InChI=1S/C25H32B3FN8O4/c1-5-36(2)24(40)18-10-15(35-37(18)3)14-8-13(29)9-17(21(14)41-4)30-16-11-19(31-22(38)12-6-7-12)33-34-20(16)23(39)32-25(26,27)28/h8-12H,5-7,26-28H2,1-4H3,(H,32,39)(H2,30,31,33,38). The van der Waals surface area contributed by atoms with Crippen LogP contribution in [0.25, 0.3) is 11.3 Å². The molecule has 0 spiro atoms. The quantitative estimate of drug-likeness (QED) is 0.281. The smallest absolute Gasteiger partial charge is 0.272 e. The second-order valence-electron chi connectivity index (χ2n) is 11.0. The van der Waals surface area contributed by atoms with Crippen molar-refractivity contribution in [3.63, 3.8) is 0 Å². The highest BCUT2D eigenvalue weighted by Gasteiger charge is 2.30. The molecule has 1 aliphatic carbocycles. The lowest BCUT2D eigenvalue weighted by atomic mass is 9.49. The van der Waals surface area contributed by atoms with Crippen molar-refractivity contribution in [2.45, 2.75) is 25.0 Å². The van der Waals surface area contributed by atoms with Gasteiger partial charge in [0.1, 0.15) is 35.0 Å². The minimum atomic E-state index is -0.613. The van der Waals surface area contributed by atoms with E-state index >= 15 is 4.39 Å². The van der Waals surface area contributed by atoms with Crippen LogP contribution in [0, 0.1) is 11.7 Å². The topological polar surface area (TPSA) is 143 Å². The van der Waals surface area contributed by atoms with Crippen LogP contribution in [-0.2, 0) is 11.8 Å². The molecule has 12 nitrogen and oxygen atoms in total. The number of hydrogen-bond acceptors (Lipinski definition) is 8. The van der Waals surface area contributed by atoms with Gasteiger partial charge < -0.3 is 25.6 Å². The zero-order valence-corrected chi connectivity index (χ0v) is 24.3. The normalized spacial score (nSPS) is 12.9. The van der Waals surface area contributed by atoms with Crippen molar-refractivity contribution in [2.24, 2.45) is 13.0 Å². The fourth-order valence-corrected chi connectivity index (χ4v) is 4.07. The Morgan fingerprint density at radius 2 is 1.85 bits per heavy atom. The maximum absolute atomic E-state index is 15.0. The average Bonchev–Trinajstić information content (AvgIpc) is 3.68. The first-order valence-corrected chi connectivity index (χ1v) is 13.3. The molecule has 2 aromatic heterocycles. The molecule has 41 heavy (non-hydrogen) atoms. The number of nitrogens with one attached hydrogen (secondary N) is 3. The van der Waals surface area contributed by atoms with Gasteiger partial charge in [-0.05, 0) is 37.1 Å². The Hall–Kier alpha value is -4.36. The number of anilines is 3. The fraction of sp³-hybridized carbons (Fsp3) is 0.360. The number of halogens is 1. The Labute approximate surface area is 240 Å². The summed E-state index contributed by atoms with van der Waals surface area (Å²) in [5, 5.41) is 20.6. The second kappa shape index (κ2) is 11.6. The molecule has 0 aliphatic heterocycles. The number of nitrogens with zero attached hydrogens (tertiary/aromatic N) is 5. The van der Waals surface area contributed by atoms with Gasteiger partial charge in [0.05, 0.1) is 24.2 Å². The summed E-state index contributed by atoms with van der Waals surface area (Å²) in [6.07, 6.45) is 1.60. The van der Waals surface area contributed by atoms with Gasteiger partial charge in [0.2, 0.25) is 5.91 Å². The first-order chi connectivity index (χ1) is 19.3. The minimum Gasteiger partial charge on any atom is -0.494 e. The van der Waals surface area contributed by atoms with Crippen molar-refractivity contribution < 1.29 is 23.5 Å². The number of rotatable bonds is 10. The summed E-state index contributed by atoms with van der Waals surface area (Å²) < 4.78 is 22.1. The average molecular weight is 560 g/mol. The van der Waals surface area contributed by atoms with Crippen molar-refractivity contribution in [1.29, 1.82) is 0 Å². The molecule has 4 rings (SSSR count). The summed E-state index contributed by atoms with van der Waals surface area (Å²) in [5.74, 6) is -1.27. The number of hydrogen-bond donors (Lipinski definition) is 3. The van der Waals surface area contributed by atoms with Crippen molar-refractivity contribution in [2.75, 3.05) is 31.3 Å². The van der Waals surface area contributed by atoms with E-state index in [0.29, 0.717) is 17.9 Å². The predicted molar refractivity (Wildman–Crippen MR) is 160 cm³/mol. The first kappa shape index (κ1) is 29.6. The molecule has 1 aromatic carbocycles. The van der Waals surface area contributed by atoms with Crippen LogP contribution in [0.5, 0.6) is 5.75 Å². The molecule has 3 amide bonds. The monoisotopic (exact) mass is 560 g/mol. The minimum absolute atomic E-state index is 0.0643. The summed E-state index contributed by atoms with van der Waals surface area (Å²) in [5.41, 5.74) is 1.20. The molecule has 1 saturated carbocycles. The molecule has 0 radical (unpaired) electrons. The van der Waals surface area contributed by atoms with Gasteiger partial charge in [-0.1, -0.05) is 0 Å². The van der Waals surface area contributed by atoms with E-state index in [0.717, 1.165) is 12.8 Å². The molecule has 0 saturated heterocycles. The molecule has 3 N–H and O–H groups in total. The maximum atomic E-state index is 15.0. The molecule has 3 aromatic rings. The number of methoxy groups -OCH3 is 1. The lowest BCUT2D eigenvalue weighted by Crippen LogP contribution is -2.50. The van der Waals surface area contributed by atoms with Gasteiger partial charge >= 0.3 is 0 Å². The number of aromatic nitrogens is 4. The highest BCUT2D eigenvalue weighted by molar-refractivity contribution is 6.60. The number of ether oxygens (including phenoxy) is 1. The molecular weight excluding hydrogens is 528 g/mol. The van der Waals surface area contributed by atoms with Crippen molar-refractivity contribution in [1.82, 2.24) is 30.2 Å². The van der Waals surface area contributed by atoms with Crippen LogP contribution in [0.1, 0.15) is 40.7 Å². The van der Waals surface area contributed by atoms with Crippen LogP contribution in [-0.4, -0.2) is 92.1 Å².